The van der Waals surface area contributed by atoms with E-state index in [0.29, 0.717) is 18.5 Å². The SMILES string of the molecule is CC(COC(=O)c1ccccc1)(CO[Si](C)(C)c1ccccc1)CB1OC(C)(C)C(C)(C)O1. The number of esters is 1. The molecule has 1 aliphatic rings. The Morgan fingerprint density at radius 2 is 1.42 bits per heavy atom. The van der Waals surface area contributed by atoms with Gasteiger partial charge in [-0.1, -0.05) is 55.5 Å². The summed E-state index contributed by atoms with van der Waals surface area (Å²) in [6.45, 7) is 15.3. The first-order chi connectivity index (χ1) is 15.3. The molecule has 1 unspecified atom stereocenters. The summed E-state index contributed by atoms with van der Waals surface area (Å²) in [6.07, 6.45) is 0.557. The second kappa shape index (κ2) is 9.74. The number of benzene rings is 2. The van der Waals surface area contributed by atoms with Crippen LogP contribution in [0.3, 0.4) is 0 Å². The van der Waals surface area contributed by atoms with Crippen LogP contribution in [0.5, 0.6) is 0 Å². The number of hydrogen-bond donors (Lipinski definition) is 0. The van der Waals surface area contributed by atoms with Crippen LogP contribution in [0.2, 0.25) is 19.4 Å². The van der Waals surface area contributed by atoms with E-state index in [9.17, 15) is 4.79 Å². The Morgan fingerprint density at radius 1 is 0.909 bits per heavy atom. The summed E-state index contributed by atoms with van der Waals surface area (Å²) < 4.78 is 24.9. The second-order valence-electron chi connectivity index (χ2n) is 10.8. The van der Waals surface area contributed by atoms with Gasteiger partial charge in [-0.3, -0.25) is 0 Å². The number of hydrogen-bond acceptors (Lipinski definition) is 5. The fourth-order valence-electron chi connectivity index (χ4n) is 3.79. The molecule has 1 aliphatic heterocycles. The van der Waals surface area contributed by atoms with E-state index in [1.807, 2.05) is 64.1 Å². The molecule has 5 nitrogen and oxygen atoms in total. The Hall–Kier alpha value is -1.93. The summed E-state index contributed by atoms with van der Waals surface area (Å²) in [4.78, 5) is 12.6. The molecule has 2 aromatic carbocycles. The summed E-state index contributed by atoms with van der Waals surface area (Å²) in [6, 6.07) is 19.4. The highest BCUT2D eigenvalue weighted by Crippen LogP contribution is 2.41. The first kappa shape index (κ1) is 25.7. The van der Waals surface area contributed by atoms with Crippen LogP contribution in [0.15, 0.2) is 60.7 Å². The third-order valence-corrected chi connectivity index (χ3v) is 9.36. The first-order valence-corrected chi connectivity index (χ1v) is 14.5. The van der Waals surface area contributed by atoms with Crippen LogP contribution in [0.25, 0.3) is 0 Å². The zero-order valence-electron chi connectivity index (χ0n) is 21.0. The van der Waals surface area contributed by atoms with E-state index in [1.165, 1.54) is 5.19 Å². The molecule has 1 fully saturated rings. The molecule has 1 saturated heterocycles. The smallest absolute Gasteiger partial charge is 0.458 e. The lowest BCUT2D eigenvalue weighted by Gasteiger charge is -2.34. The van der Waals surface area contributed by atoms with Crippen molar-refractivity contribution in [2.24, 2.45) is 5.41 Å². The fourth-order valence-corrected chi connectivity index (χ4v) is 5.66. The van der Waals surface area contributed by atoms with E-state index in [1.54, 1.807) is 12.1 Å². The van der Waals surface area contributed by atoms with E-state index >= 15 is 0 Å². The molecule has 0 bridgehead atoms. The number of rotatable bonds is 9. The number of carbonyl (C=O) groups excluding carboxylic acids is 1. The van der Waals surface area contributed by atoms with Gasteiger partial charge >= 0.3 is 13.1 Å². The van der Waals surface area contributed by atoms with E-state index < -0.39 is 32.1 Å². The minimum absolute atomic E-state index is 0.212. The minimum atomic E-state index is -2.14. The van der Waals surface area contributed by atoms with Crippen molar-refractivity contribution in [2.45, 2.75) is 65.2 Å². The summed E-state index contributed by atoms with van der Waals surface area (Å²) in [5.41, 5.74) is -0.781. The van der Waals surface area contributed by atoms with E-state index in [0.717, 1.165) is 0 Å². The van der Waals surface area contributed by atoms with Gasteiger partial charge in [-0.2, -0.15) is 0 Å². The topological polar surface area (TPSA) is 54.0 Å². The lowest BCUT2D eigenvalue weighted by molar-refractivity contribution is 0.00578. The predicted octanol–water partition coefficient (Wildman–Crippen LogP) is 5.07. The fraction of sp³-hybridized carbons (Fsp3) is 0.500. The third-order valence-electron chi connectivity index (χ3n) is 6.77. The van der Waals surface area contributed by atoms with Gasteiger partial charge in [0.1, 0.15) is 0 Å². The average Bonchev–Trinajstić information content (AvgIpc) is 2.97. The molecule has 2 aromatic rings. The monoisotopic (exact) mass is 468 g/mol. The first-order valence-electron chi connectivity index (χ1n) is 11.6. The standard InChI is InChI=1S/C26H37BO5Si/c1-24(2)25(3,4)32-27(31-24)18-26(5,19-29-23(28)21-14-10-8-11-15-21)20-30-33(6,7)22-16-12-9-13-17-22/h8-17H,18-20H2,1-7H3. The van der Waals surface area contributed by atoms with Gasteiger partial charge in [0.05, 0.1) is 23.4 Å². The Labute approximate surface area is 200 Å². The maximum atomic E-state index is 12.6. The Morgan fingerprint density at radius 3 is 1.97 bits per heavy atom. The molecule has 1 atom stereocenters. The summed E-state index contributed by atoms with van der Waals surface area (Å²) in [5, 5.41) is 1.23. The molecule has 178 valence electrons. The second-order valence-corrected chi connectivity index (χ2v) is 14.7. The molecule has 0 aromatic heterocycles. The van der Waals surface area contributed by atoms with E-state index in [-0.39, 0.29) is 12.6 Å². The van der Waals surface area contributed by atoms with Gasteiger partial charge in [0, 0.05) is 12.0 Å². The van der Waals surface area contributed by atoms with Gasteiger partial charge in [-0.15, -0.1) is 0 Å². The van der Waals surface area contributed by atoms with Crippen LogP contribution in [0.1, 0.15) is 45.0 Å². The van der Waals surface area contributed by atoms with Gasteiger partial charge in [0.15, 0.2) is 0 Å². The van der Waals surface area contributed by atoms with Crippen LogP contribution >= 0.6 is 0 Å². The van der Waals surface area contributed by atoms with Crippen LogP contribution in [0, 0.1) is 5.41 Å². The maximum absolute atomic E-state index is 12.6. The zero-order valence-corrected chi connectivity index (χ0v) is 22.0. The Balaban J connectivity index is 1.74. The van der Waals surface area contributed by atoms with Crippen LogP contribution in [-0.2, 0) is 18.5 Å². The number of ether oxygens (including phenoxy) is 1. The van der Waals surface area contributed by atoms with Gasteiger partial charge in [0.25, 0.3) is 0 Å². The molecule has 0 saturated carbocycles. The molecule has 0 amide bonds. The normalized spacial score (nSPS) is 19.2. The van der Waals surface area contributed by atoms with Crippen LogP contribution in [-0.4, -0.2) is 45.8 Å². The Kier molecular flexibility index (Phi) is 7.59. The Bertz CT molecular complexity index is 916. The van der Waals surface area contributed by atoms with Crippen molar-refractivity contribution in [3.63, 3.8) is 0 Å². The minimum Gasteiger partial charge on any atom is -0.461 e. The highest BCUT2D eigenvalue weighted by Gasteiger charge is 2.53. The van der Waals surface area contributed by atoms with Gasteiger partial charge in [-0.25, -0.2) is 4.79 Å². The highest BCUT2D eigenvalue weighted by molar-refractivity contribution is 6.84. The van der Waals surface area contributed by atoms with Crippen molar-refractivity contribution < 1.29 is 23.3 Å². The van der Waals surface area contributed by atoms with Crippen molar-refractivity contribution in [3.8, 4) is 0 Å². The van der Waals surface area contributed by atoms with Crippen LogP contribution in [0.4, 0.5) is 0 Å². The summed E-state index contributed by atoms with van der Waals surface area (Å²) in [5.74, 6) is -0.338. The largest absolute Gasteiger partial charge is 0.461 e. The zero-order chi connectivity index (χ0) is 24.3. The molecule has 1 heterocycles. The molecule has 33 heavy (non-hydrogen) atoms. The molecule has 7 heteroatoms. The molecule has 0 radical (unpaired) electrons. The van der Waals surface area contributed by atoms with Gasteiger partial charge in [-0.05, 0) is 64.4 Å². The molecule has 0 N–H and O–H groups in total. The average molecular weight is 468 g/mol. The van der Waals surface area contributed by atoms with Crippen molar-refractivity contribution in [1.82, 2.24) is 0 Å². The van der Waals surface area contributed by atoms with Gasteiger partial charge in [0.2, 0.25) is 8.32 Å². The van der Waals surface area contributed by atoms with E-state index in [4.69, 9.17) is 18.5 Å². The van der Waals surface area contributed by atoms with Crippen molar-refractivity contribution in [2.75, 3.05) is 13.2 Å². The molecule has 3 rings (SSSR count). The quantitative estimate of drug-likeness (QED) is 0.380. The molecular weight excluding hydrogens is 431 g/mol. The lowest BCUT2D eigenvalue weighted by atomic mass is 9.69. The maximum Gasteiger partial charge on any atom is 0.458 e. The molecule has 0 aliphatic carbocycles. The predicted molar refractivity (Wildman–Crippen MR) is 135 cm³/mol. The van der Waals surface area contributed by atoms with Crippen molar-refractivity contribution >= 4 is 26.6 Å². The van der Waals surface area contributed by atoms with Crippen molar-refractivity contribution in [1.29, 1.82) is 0 Å². The molecular formula is C26H37BO5Si. The lowest BCUT2D eigenvalue weighted by Crippen LogP contribution is -2.48. The van der Waals surface area contributed by atoms with Crippen molar-refractivity contribution in [3.05, 3.63) is 66.2 Å². The van der Waals surface area contributed by atoms with Crippen LogP contribution < -0.4 is 5.19 Å². The summed E-state index contributed by atoms with van der Waals surface area (Å²) >= 11 is 0. The van der Waals surface area contributed by atoms with Gasteiger partial charge < -0.3 is 18.5 Å². The summed E-state index contributed by atoms with van der Waals surface area (Å²) in [7, 11) is -2.55. The highest BCUT2D eigenvalue weighted by atomic mass is 28.4. The third kappa shape index (κ3) is 6.35. The molecule has 0 spiro atoms. The van der Waals surface area contributed by atoms with E-state index in [2.05, 4.69) is 32.2 Å². The number of carbonyl (C=O) groups is 1.